The summed E-state index contributed by atoms with van der Waals surface area (Å²) in [5, 5.41) is 3.32. The lowest BCUT2D eigenvalue weighted by molar-refractivity contribution is -0.111. The van der Waals surface area contributed by atoms with Crippen molar-refractivity contribution in [2.24, 2.45) is 0 Å². The Kier molecular flexibility index (Phi) is 8.30. The van der Waals surface area contributed by atoms with Gasteiger partial charge in [-0.2, -0.15) is 0 Å². The maximum atomic E-state index is 14.8. The highest BCUT2D eigenvalue weighted by Gasteiger charge is 2.19. The van der Waals surface area contributed by atoms with Crippen LogP contribution in [-0.4, -0.2) is 18.0 Å². The van der Waals surface area contributed by atoms with Crippen molar-refractivity contribution < 1.29 is 18.3 Å². The van der Waals surface area contributed by atoms with Gasteiger partial charge >= 0.3 is 0 Å². The quantitative estimate of drug-likeness (QED) is 0.309. The van der Waals surface area contributed by atoms with Crippen LogP contribution in [0.4, 0.5) is 14.5 Å². The number of nitrogens with one attached hydrogen (secondary N) is 1. The molecule has 2 aromatic carbocycles. The van der Waals surface area contributed by atoms with E-state index < -0.39 is 17.5 Å². The number of unbranched alkanes of at least 4 members (excludes halogenated alkanes) is 1. The van der Waals surface area contributed by atoms with E-state index in [-0.39, 0.29) is 11.3 Å². The van der Waals surface area contributed by atoms with Gasteiger partial charge in [-0.3, -0.25) is 9.78 Å². The molecule has 0 bridgehead atoms. The molecule has 1 atom stereocenters. The second-order valence-corrected chi connectivity index (χ2v) is 8.40. The van der Waals surface area contributed by atoms with Gasteiger partial charge in [-0.25, -0.2) is 8.78 Å². The number of halogens is 2. The van der Waals surface area contributed by atoms with E-state index in [1.807, 2.05) is 25.1 Å². The number of anilines is 1. The summed E-state index contributed by atoms with van der Waals surface area (Å²) < 4.78 is 34.9. The number of rotatable bonds is 8. The van der Waals surface area contributed by atoms with Crippen molar-refractivity contribution in [1.29, 1.82) is 0 Å². The largest absolute Gasteiger partial charge is 0.493 e. The first-order valence-corrected chi connectivity index (χ1v) is 11.4. The van der Waals surface area contributed by atoms with Crippen LogP contribution < -0.4 is 15.4 Å². The van der Waals surface area contributed by atoms with E-state index in [4.69, 9.17) is 4.74 Å². The first-order valence-electron chi connectivity index (χ1n) is 10.8. The zero-order valence-corrected chi connectivity index (χ0v) is 20.6. The molecule has 1 aromatic heterocycles. The van der Waals surface area contributed by atoms with Crippen LogP contribution in [0.15, 0.2) is 61.3 Å². The normalized spacial score (nSPS) is 11.3. The van der Waals surface area contributed by atoms with Crippen molar-refractivity contribution in [3.05, 3.63) is 89.8 Å². The van der Waals surface area contributed by atoms with Gasteiger partial charge < -0.3 is 10.1 Å². The third-order valence-corrected chi connectivity index (χ3v) is 5.64. The van der Waals surface area contributed by atoms with Crippen LogP contribution in [0.3, 0.4) is 0 Å². The second kappa shape index (κ2) is 11.2. The average Bonchev–Trinajstić information content (AvgIpc) is 2.81. The van der Waals surface area contributed by atoms with Crippen molar-refractivity contribution in [2.45, 2.75) is 26.7 Å². The van der Waals surface area contributed by atoms with E-state index in [9.17, 15) is 13.6 Å². The maximum absolute atomic E-state index is 14.8. The van der Waals surface area contributed by atoms with Gasteiger partial charge in [0.25, 0.3) is 0 Å². The minimum Gasteiger partial charge on any atom is -0.493 e. The molecule has 7 heteroatoms. The summed E-state index contributed by atoms with van der Waals surface area (Å²) in [5.41, 5.74) is 4.03. The number of carbonyl (C=O) groups is 1. The van der Waals surface area contributed by atoms with Gasteiger partial charge in [-0.05, 0) is 66.7 Å². The Morgan fingerprint density at radius 2 is 1.94 bits per heavy atom. The molecule has 0 aliphatic carbocycles. The lowest BCUT2D eigenvalue weighted by Gasteiger charge is -2.17. The predicted octanol–water partition coefficient (Wildman–Crippen LogP) is 6.20. The maximum Gasteiger partial charge on any atom is 0.247 e. The second-order valence-electron chi connectivity index (χ2n) is 7.73. The lowest BCUT2D eigenvalue weighted by Crippen LogP contribution is -2.07. The van der Waals surface area contributed by atoms with Crippen LogP contribution in [0.2, 0.25) is 0 Å². The van der Waals surface area contributed by atoms with E-state index >= 15 is 0 Å². The lowest BCUT2D eigenvalue weighted by atomic mass is 9.92. The Bertz CT molecular complexity index is 1270. The van der Waals surface area contributed by atoms with Gasteiger partial charge in [0.1, 0.15) is 5.82 Å². The molecule has 0 spiro atoms. The summed E-state index contributed by atoms with van der Waals surface area (Å²) in [5.74, 6) is -1.18. The number of aromatic nitrogens is 1. The average molecular weight is 480 g/mol. The van der Waals surface area contributed by atoms with Gasteiger partial charge in [-0.15, -0.1) is 9.24 Å². The van der Waals surface area contributed by atoms with Gasteiger partial charge in [0.05, 0.1) is 7.11 Å². The zero-order valence-electron chi connectivity index (χ0n) is 19.4. The van der Waals surface area contributed by atoms with Crippen molar-refractivity contribution in [1.82, 2.24) is 4.98 Å². The summed E-state index contributed by atoms with van der Waals surface area (Å²) in [6.45, 7) is 7.34. The molecule has 1 heterocycles. The van der Waals surface area contributed by atoms with Gasteiger partial charge in [0, 0.05) is 39.8 Å². The number of allylic oxidation sites excluding steroid dienone is 1. The Morgan fingerprint density at radius 3 is 2.62 bits per heavy atom. The number of methoxy groups -OCH3 is 1. The standard InChI is InChI=1S/C27H27F2N2O2P/c1-5-7-8-20(23-13-19(34)14-25(29)27(23)33-4)21-11-17(15-30-16(21)3)22-12-18(9-10-24(22)28)31-26(32)6-2/h6,8-15H,2,5,7,34H2,1,3-4H3,(H,31,32)/b20-8+. The monoisotopic (exact) mass is 480 g/mol. The molecule has 1 unspecified atom stereocenters. The predicted molar refractivity (Wildman–Crippen MR) is 137 cm³/mol. The van der Waals surface area contributed by atoms with Crippen molar-refractivity contribution in [3.63, 3.8) is 0 Å². The number of hydrogen-bond acceptors (Lipinski definition) is 3. The van der Waals surface area contributed by atoms with Gasteiger partial charge in [0.2, 0.25) is 5.91 Å². The van der Waals surface area contributed by atoms with E-state index in [1.165, 1.54) is 25.3 Å². The number of carbonyl (C=O) groups excluding carboxylic acids is 1. The number of hydrogen-bond donors (Lipinski definition) is 1. The molecule has 0 fully saturated rings. The number of aryl methyl sites for hydroxylation is 1. The molecule has 0 radical (unpaired) electrons. The van der Waals surface area contributed by atoms with E-state index in [2.05, 4.69) is 33.0 Å². The third-order valence-electron chi connectivity index (χ3n) is 5.30. The highest BCUT2D eigenvalue weighted by Crippen LogP contribution is 2.36. The summed E-state index contributed by atoms with van der Waals surface area (Å²) in [6.07, 6.45) is 6.39. The van der Waals surface area contributed by atoms with Gasteiger partial charge in [-0.1, -0.05) is 26.0 Å². The summed E-state index contributed by atoms with van der Waals surface area (Å²) >= 11 is 0. The minimum absolute atomic E-state index is 0.138. The fourth-order valence-corrected chi connectivity index (χ4v) is 3.96. The first-order chi connectivity index (χ1) is 16.3. The number of pyridine rings is 1. The van der Waals surface area contributed by atoms with E-state index in [0.717, 1.165) is 30.1 Å². The molecule has 0 aliphatic rings. The molecule has 176 valence electrons. The molecule has 4 nitrogen and oxygen atoms in total. The molecule has 0 saturated carbocycles. The molecule has 0 aliphatic heterocycles. The molecular weight excluding hydrogens is 453 g/mol. The minimum atomic E-state index is -0.467. The SMILES string of the molecule is C=CC(=O)Nc1ccc(F)c(-c2cnc(C)c(/C(=C\CCC)c3cc(P)cc(F)c3OC)c2)c1. The summed E-state index contributed by atoms with van der Waals surface area (Å²) in [4.78, 5) is 16.2. The molecular formula is C27H27F2N2O2P. The van der Waals surface area contributed by atoms with Crippen LogP contribution >= 0.6 is 9.24 Å². The molecule has 1 N–H and O–H groups in total. The Labute approximate surface area is 201 Å². The third kappa shape index (κ3) is 5.57. The topological polar surface area (TPSA) is 51.2 Å². The van der Waals surface area contributed by atoms with E-state index in [1.54, 1.807) is 12.3 Å². The number of ether oxygens (including phenoxy) is 1. The van der Waals surface area contributed by atoms with Crippen LogP contribution in [0, 0.1) is 18.6 Å². The van der Waals surface area contributed by atoms with Crippen molar-refractivity contribution >= 4 is 31.7 Å². The highest BCUT2D eigenvalue weighted by atomic mass is 31.0. The summed E-state index contributed by atoms with van der Waals surface area (Å²) in [7, 11) is 3.94. The Hall–Kier alpha value is -3.37. The Balaban J connectivity index is 2.20. The van der Waals surface area contributed by atoms with Crippen molar-refractivity contribution in [3.8, 4) is 16.9 Å². The van der Waals surface area contributed by atoms with Crippen LogP contribution in [0.25, 0.3) is 16.7 Å². The molecule has 0 saturated heterocycles. The fourth-order valence-electron chi connectivity index (χ4n) is 3.65. The number of amides is 1. The Morgan fingerprint density at radius 1 is 1.18 bits per heavy atom. The fraction of sp³-hybridized carbons (Fsp3) is 0.185. The molecule has 34 heavy (non-hydrogen) atoms. The van der Waals surface area contributed by atoms with Crippen LogP contribution in [-0.2, 0) is 4.79 Å². The zero-order chi connectivity index (χ0) is 24.8. The van der Waals surface area contributed by atoms with Gasteiger partial charge in [0.15, 0.2) is 11.6 Å². The first kappa shape index (κ1) is 25.3. The van der Waals surface area contributed by atoms with Crippen LogP contribution in [0.5, 0.6) is 5.75 Å². The molecule has 3 aromatic rings. The molecule has 3 rings (SSSR count). The molecule has 1 amide bonds. The number of benzene rings is 2. The highest BCUT2D eigenvalue weighted by molar-refractivity contribution is 7.27. The van der Waals surface area contributed by atoms with E-state index in [0.29, 0.717) is 27.8 Å². The summed E-state index contributed by atoms with van der Waals surface area (Å²) in [6, 6.07) is 9.38. The van der Waals surface area contributed by atoms with Crippen molar-refractivity contribution in [2.75, 3.05) is 12.4 Å². The van der Waals surface area contributed by atoms with Crippen LogP contribution in [0.1, 0.15) is 36.6 Å². The smallest absolute Gasteiger partial charge is 0.247 e. The number of nitrogens with zero attached hydrogens (tertiary/aromatic N) is 1.